The van der Waals surface area contributed by atoms with Gasteiger partial charge < -0.3 is 19.3 Å². The van der Waals surface area contributed by atoms with E-state index >= 15 is 0 Å². The molecule has 4 rings (SSSR count). The molecule has 3 aromatic rings. The Labute approximate surface area is 189 Å². The fourth-order valence-corrected chi connectivity index (χ4v) is 3.82. The summed E-state index contributed by atoms with van der Waals surface area (Å²) in [5.41, 5.74) is 1.86. The van der Waals surface area contributed by atoms with Crippen molar-refractivity contribution in [2.45, 2.75) is 25.5 Å². The minimum Gasteiger partial charge on any atom is -0.494 e. The van der Waals surface area contributed by atoms with Gasteiger partial charge in [0.1, 0.15) is 17.5 Å². The summed E-state index contributed by atoms with van der Waals surface area (Å²) in [6.07, 6.45) is 9.39. The topological polar surface area (TPSA) is 100 Å². The van der Waals surface area contributed by atoms with E-state index in [9.17, 15) is 8.78 Å². The van der Waals surface area contributed by atoms with Crippen LogP contribution in [0.4, 0.5) is 26.1 Å². The van der Waals surface area contributed by atoms with Gasteiger partial charge in [0, 0.05) is 37.5 Å². The number of halogens is 2. The second-order valence-electron chi connectivity index (χ2n) is 7.25. The first-order valence-corrected chi connectivity index (χ1v) is 10.2. The minimum atomic E-state index is -2.94. The molecular formula is C22H21F2N7O2. The molecule has 11 heteroatoms. The van der Waals surface area contributed by atoms with E-state index in [1.165, 1.54) is 24.7 Å². The SMILES string of the molecule is COc1ccncc1N(c1ccc(OC(F)F)nc1)C1CCN(c2ncc(C#N)cn2)CC1. The van der Waals surface area contributed by atoms with Gasteiger partial charge in [0.25, 0.3) is 0 Å². The van der Waals surface area contributed by atoms with Crippen molar-refractivity contribution in [2.75, 3.05) is 30.0 Å². The predicted octanol–water partition coefficient (Wildman–Crippen LogP) is 3.56. The molecule has 0 saturated carbocycles. The highest BCUT2D eigenvalue weighted by molar-refractivity contribution is 5.69. The fourth-order valence-electron chi connectivity index (χ4n) is 3.82. The Morgan fingerprint density at radius 2 is 1.85 bits per heavy atom. The van der Waals surface area contributed by atoms with Crippen molar-refractivity contribution in [1.29, 1.82) is 5.26 Å². The molecule has 0 aliphatic carbocycles. The van der Waals surface area contributed by atoms with E-state index in [1.54, 1.807) is 31.6 Å². The van der Waals surface area contributed by atoms with E-state index in [2.05, 4.69) is 34.5 Å². The average Bonchev–Trinajstić information content (AvgIpc) is 2.86. The van der Waals surface area contributed by atoms with Gasteiger partial charge in [-0.3, -0.25) is 4.98 Å². The third kappa shape index (κ3) is 5.06. The number of alkyl halides is 2. The molecule has 0 unspecified atom stereocenters. The number of rotatable bonds is 7. The van der Waals surface area contributed by atoms with Gasteiger partial charge >= 0.3 is 6.61 Å². The van der Waals surface area contributed by atoms with Gasteiger partial charge in [-0.25, -0.2) is 15.0 Å². The maximum absolute atomic E-state index is 12.5. The molecule has 1 aliphatic heterocycles. The number of piperidine rings is 1. The van der Waals surface area contributed by atoms with Crippen molar-refractivity contribution in [3.8, 4) is 17.7 Å². The third-order valence-electron chi connectivity index (χ3n) is 5.33. The third-order valence-corrected chi connectivity index (χ3v) is 5.33. The molecule has 9 nitrogen and oxygen atoms in total. The van der Waals surface area contributed by atoms with E-state index in [0.717, 1.165) is 18.5 Å². The van der Waals surface area contributed by atoms with Crippen molar-refractivity contribution in [1.82, 2.24) is 19.9 Å². The highest BCUT2D eigenvalue weighted by atomic mass is 19.3. The van der Waals surface area contributed by atoms with E-state index in [0.29, 0.717) is 36.0 Å². The Bertz CT molecular complexity index is 1100. The van der Waals surface area contributed by atoms with Crippen molar-refractivity contribution in [3.05, 3.63) is 54.7 Å². The van der Waals surface area contributed by atoms with Crippen molar-refractivity contribution in [2.24, 2.45) is 0 Å². The fraction of sp³-hybridized carbons (Fsp3) is 0.318. The molecule has 0 radical (unpaired) electrons. The van der Waals surface area contributed by atoms with Crippen LogP contribution < -0.4 is 19.3 Å². The van der Waals surface area contributed by atoms with Crippen LogP contribution in [0.1, 0.15) is 18.4 Å². The zero-order valence-electron chi connectivity index (χ0n) is 17.8. The number of nitriles is 1. The number of ether oxygens (including phenoxy) is 2. The lowest BCUT2D eigenvalue weighted by atomic mass is 10.0. The number of methoxy groups -OCH3 is 1. The zero-order valence-corrected chi connectivity index (χ0v) is 17.8. The minimum absolute atomic E-state index is 0.0569. The lowest BCUT2D eigenvalue weighted by Crippen LogP contribution is -2.44. The van der Waals surface area contributed by atoms with E-state index in [-0.39, 0.29) is 11.9 Å². The molecule has 0 spiro atoms. The maximum atomic E-state index is 12.5. The summed E-state index contributed by atoms with van der Waals surface area (Å²) in [6.45, 7) is -1.56. The second kappa shape index (κ2) is 10.0. The zero-order chi connectivity index (χ0) is 23.2. The molecule has 0 aromatic carbocycles. The van der Waals surface area contributed by atoms with E-state index in [1.807, 2.05) is 6.07 Å². The summed E-state index contributed by atoms with van der Waals surface area (Å²) in [5.74, 6) is 1.06. The molecule has 170 valence electrons. The van der Waals surface area contributed by atoms with Crippen LogP contribution in [0.2, 0.25) is 0 Å². The summed E-state index contributed by atoms with van der Waals surface area (Å²) < 4.78 is 35.0. The van der Waals surface area contributed by atoms with Crippen LogP contribution in [0.3, 0.4) is 0 Å². The Kier molecular flexibility index (Phi) is 6.73. The molecule has 0 bridgehead atoms. The molecule has 0 amide bonds. The Morgan fingerprint density at radius 3 is 2.45 bits per heavy atom. The smallest absolute Gasteiger partial charge is 0.388 e. The lowest BCUT2D eigenvalue weighted by Gasteiger charge is -2.39. The van der Waals surface area contributed by atoms with Gasteiger partial charge in [-0.1, -0.05) is 0 Å². The Morgan fingerprint density at radius 1 is 1.09 bits per heavy atom. The Balaban J connectivity index is 1.58. The van der Waals surface area contributed by atoms with Crippen molar-refractivity contribution < 1.29 is 18.3 Å². The van der Waals surface area contributed by atoms with Crippen molar-refractivity contribution in [3.63, 3.8) is 0 Å². The second-order valence-corrected chi connectivity index (χ2v) is 7.25. The summed E-state index contributed by atoms with van der Waals surface area (Å²) >= 11 is 0. The number of aromatic nitrogens is 4. The quantitative estimate of drug-likeness (QED) is 0.531. The lowest BCUT2D eigenvalue weighted by molar-refractivity contribution is -0.0528. The maximum Gasteiger partial charge on any atom is 0.388 e. The molecule has 3 aromatic heterocycles. The van der Waals surface area contributed by atoms with Crippen molar-refractivity contribution >= 4 is 17.3 Å². The summed E-state index contributed by atoms with van der Waals surface area (Å²) in [6, 6.07) is 6.94. The summed E-state index contributed by atoms with van der Waals surface area (Å²) in [7, 11) is 1.58. The highest BCUT2D eigenvalue weighted by Gasteiger charge is 2.29. The van der Waals surface area contributed by atoms with E-state index in [4.69, 9.17) is 10.00 Å². The summed E-state index contributed by atoms with van der Waals surface area (Å²) in [4.78, 5) is 21.0. The largest absolute Gasteiger partial charge is 0.494 e. The van der Waals surface area contributed by atoms with Gasteiger partial charge in [-0.05, 0) is 18.9 Å². The number of nitrogens with zero attached hydrogens (tertiary/aromatic N) is 7. The van der Waals surface area contributed by atoms with Crippen LogP contribution in [0.15, 0.2) is 49.2 Å². The number of anilines is 3. The predicted molar refractivity (Wildman–Crippen MR) is 116 cm³/mol. The summed E-state index contributed by atoms with van der Waals surface area (Å²) in [5, 5.41) is 8.94. The first-order valence-electron chi connectivity index (χ1n) is 10.2. The van der Waals surface area contributed by atoms with E-state index < -0.39 is 6.61 Å². The molecule has 0 N–H and O–H groups in total. The van der Waals surface area contributed by atoms with Gasteiger partial charge in [-0.2, -0.15) is 14.0 Å². The first-order chi connectivity index (χ1) is 16.1. The van der Waals surface area contributed by atoms with Crippen LogP contribution in [0.5, 0.6) is 11.6 Å². The van der Waals surface area contributed by atoms with Crippen LogP contribution in [-0.2, 0) is 0 Å². The number of hydrogen-bond donors (Lipinski definition) is 0. The van der Waals surface area contributed by atoms with Gasteiger partial charge in [0.05, 0.1) is 43.1 Å². The van der Waals surface area contributed by atoms with Gasteiger partial charge in [0.15, 0.2) is 0 Å². The molecule has 4 heterocycles. The molecule has 1 aliphatic rings. The van der Waals surface area contributed by atoms with Gasteiger partial charge in [0.2, 0.25) is 11.8 Å². The van der Waals surface area contributed by atoms with Gasteiger partial charge in [-0.15, -0.1) is 0 Å². The number of hydrogen-bond acceptors (Lipinski definition) is 9. The number of pyridine rings is 2. The standard InChI is InChI=1S/C22H21F2N7O2/c1-32-19-4-7-26-14-18(19)31(17-2-3-20(27-13-17)33-21(23)24)16-5-8-30(9-6-16)22-28-11-15(10-25)12-29-22/h2-4,7,11-14,16,21H,5-6,8-9H2,1H3. The molecule has 0 atom stereocenters. The van der Waals surface area contributed by atoms with Crippen LogP contribution in [0.25, 0.3) is 0 Å². The Hall–Kier alpha value is -4.07. The van der Waals surface area contributed by atoms with Crippen LogP contribution in [0, 0.1) is 11.3 Å². The van der Waals surface area contributed by atoms with Crippen LogP contribution in [-0.4, -0.2) is 52.8 Å². The molecular weight excluding hydrogens is 432 g/mol. The molecule has 1 fully saturated rings. The monoisotopic (exact) mass is 453 g/mol. The first kappa shape index (κ1) is 22.1. The normalized spacial score (nSPS) is 14.1. The molecule has 33 heavy (non-hydrogen) atoms. The highest BCUT2D eigenvalue weighted by Crippen LogP contribution is 2.37. The van der Waals surface area contributed by atoms with Crippen LogP contribution >= 0.6 is 0 Å². The average molecular weight is 453 g/mol. The molecule has 1 saturated heterocycles.